The summed E-state index contributed by atoms with van der Waals surface area (Å²) in [5.41, 5.74) is 8.88. The number of benzene rings is 2. The number of nitrogens with zero attached hydrogens (tertiary/aromatic N) is 1. The molecule has 2 aromatic carbocycles. The van der Waals surface area contributed by atoms with E-state index in [9.17, 15) is 14.4 Å². The summed E-state index contributed by atoms with van der Waals surface area (Å²) >= 11 is 3.42. The number of anilines is 1. The molecule has 8 heteroatoms. The van der Waals surface area contributed by atoms with Gasteiger partial charge in [0.1, 0.15) is 0 Å². The number of hydrogen-bond acceptors (Lipinski definition) is 4. The van der Waals surface area contributed by atoms with Crippen molar-refractivity contribution < 1.29 is 19.1 Å². The topological polar surface area (TPSA) is 103 Å². The van der Waals surface area contributed by atoms with E-state index >= 15 is 0 Å². The van der Waals surface area contributed by atoms with Gasteiger partial charge in [-0.05, 0) is 68.4 Å². The Morgan fingerprint density at radius 3 is 2.27 bits per heavy atom. The van der Waals surface area contributed by atoms with Crippen molar-refractivity contribution >= 4 is 39.4 Å². The first-order chi connectivity index (χ1) is 14.3. The maximum absolute atomic E-state index is 12.7. The highest BCUT2D eigenvalue weighted by atomic mass is 79.9. The Kier molecular flexibility index (Phi) is 6.37. The fraction of sp³-hybridized carbons (Fsp3) is 0.136. The molecule has 7 nitrogen and oxygen atoms in total. The predicted molar refractivity (Wildman–Crippen MR) is 117 cm³/mol. The van der Waals surface area contributed by atoms with Crippen molar-refractivity contribution in [2.24, 2.45) is 5.73 Å². The van der Waals surface area contributed by atoms with Gasteiger partial charge >= 0.3 is 12.0 Å². The molecule has 1 aromatic heterocycles. The zero-order chi connectivity index (χ0) is 21.8. The Labute approximate surface area is 182 Å². The van der Waals surface area contributed by atoms with E-state index in [0.717, 1.165) is 21.5 Å². The van der Waals surface area contributed by atoms with Gasteiger partial charge in [-0.25, -0.2) is 9.59 Å². The second kappa shape index (κ2) is 8.96. The second-order valence-electron chi connectivity index (χ2n) is 6.66. The van der Waals surface area contributed by atoms with E-state index < -0.39 is 12.0 Å². The summed E-state index contributed by atoms with van der Waals surface area (Å²) in [7, 11) is 0. The minimum Gasteiger partial charge on any atom is -0.454 e. The number of aromatic nitrogens is 1. The van der Waals surface area contributed by atoms with E-state index in [1.165, 1.54) is 24.3 Å². The largest absolute Gasteiger partial charge is 0.454 e. The summed E-state index contributed by atoms with van der Waals surface area (Å²) in [5.74, 6) is -0.914. The molecule has 3 aromatic rings. The van der Waals surface area contributed by atoms with Gasteiger partial charge in [-0.1, -0.05) is 15.9 Å². The van der Waals surface area contributed by atoms with E-state index in [-0.39, 0.29) is 18.0 Å². The van der Waals surface area contributed by atoms with Crippen LogP contribution in [0.15, 0.2) is 59.1 Å². The minimum atomic E-state index is -0.698. The monoisotopic (exact) mass is 469 g/mol. The number of urea groups is 1. The molecule has 0 atom stereocenters. The number of ether oxygens (including phenoxy) is 1. The van der Waals surface area contributed by atoms with E-state index in [4.69, 9.17) is 10.5 Å². The number of carbonyl (C=O) groups is 3. The van der Waals surface area contributed by atoms with Crippen molar-refractivity contribution in [2.45, 2.75) is 13.8 Å². The number of carbonyl (C=O) groups excluding carboxylic acids is 3. The first kappa shape index (κ1) is 21.3. The fourth-order valence-electron chi connectivity index (χ4n) is 3.16. The summed E-state index contributed by atoms with van der Waals surface area (Å²) in [5, 5.41) is 2.40. The van der Waals surface area contributed by atoms with E-state index in [2.05, 4.69) is 21.2 Å². The zero-order valence-electron chi connectivity index (χ0n) is 16.4. The quantitative estimate of drug-likeness (QED) is 0.412. The smallest absolute Gasteiger partial charge is 0.338 e. The lowest BCUT2D eigenvalue weighted by molar-refractivity contribution is 0.0474. The van der Waals surface area contributed by atoms with Crippen LogP contribution in [0, 0.1) is 13.8 Å². The average molecular weight is 470 g/mol. The highest BCUT2D eigenvalue weighted by Gasteiger charge is 2.18. The summed E-state index contributed by atoms with van der Waals surface area (Å²) in [6, 6.07) is 14.9. The van der Waals surface area contributed by atoms with Crippen molar-refractivity contribution in [3.05, 3.63) is 81.6 Å². The van der Waals surface area contributed by atoms with Crippen molar-refractivity contribution in [3.8, 4) is 5.69 Å². The van der Waals surface area contributed by atoms with Crippen LogP contribution in [0.2, 0.25) is 0 Å². The van der Waals surface area contributed by atoms with Gasteiger partial charge in [0.2, 0.25) is 5.78 Å². The number of aryl methyl sites for hydroxylation is 1. The Morgan fingerprint density at radius 1 is 1.03 bits per heavy atom. The van der Waals surface area contributed by atoms with Crippen LogP contribution in [-0.2, 0) is 4.74 Å². The van der Waals surface area contributed by atoms with Crippen LogP contribution in [0.1, 0.15) is 32.1 Å². The van der Waals surface area contributed by atoms with E-state index in [1.54, 1.807) is 6.07 Å². The van der Waals surface area contributed by atoms with Gasteiger partial charge in [0.05, 0.1) is 5.56 Å². The highest BCUT2D eigenvalue weighted by Crippen LogP contribution is 2.23. The number of Topliss-reactive ketones (excluding diaryl/α,β-unsaturated/α-hetero) is 1. The Hall–Kier alpha value is -3.39. The summed E-state index contributed by atoms with van der Waals surface area (Å²) in [6.07, 6.45) is 0. The lowest BCUT2D eigenvalue weighted by Gasteiger charge is -2.10. The molecule has 0 saturated carbocycles. The number of esters is 1. The molecular formula is C22H20BrN3O4. The van der Waals surface area contributed by atoms with Gasteiger partial charge in [-0.2, -0.15) is 0 Å². The maximum atomic E-state index is 12.7. The zero-order valence-corrected chi connectivity index (χ0v) is 18.0. The summed E-state index contributed by atoms with van der Waals surface area (Å²) in [4.78, 5) is 35.7. The number of ketones is 1. The van der Waals surface area contributed by atoms with Gasteiger partial charge in [0.25, 0.3) is 0 Å². The lowest BCUT2D eigenvalue weighted by Crippen LogP contribution is -2.19. The van der Waals surface area contributed by atoms with Gasteiger partial charge < -0.3 is 20.4 Å². The summed E-state index contributed by atoms with van der Waals surface area (Å²) in [6.45, 7) is 3.40. The van der Waals surface area contributed by atoms with Crippen LogP contribution >= 0.6 is 15.9 Å². The lowest BCUT2D eigenvalue weighted by atomic mass is 10.1. The summed E-state index contributed by atoms with van der Waals surface area (Å²) < 4.78 is 8.12. The van der Waals surface area contributed by atoms with Crippen LogP contribution in [0.3, 0.4) is 0 Å². The number of hydrogen-bond donors (Lipinski definition) is 2. The molecule has 0 saturated heterocycles. The number of primary amides is 1. The fourth-order valence-corrected chi connectivity index (χ4v) is 3.42. The number of nitrogens with one attached hydrogen (secondary N) is 1. The molecule has 0 radical (unpaired) electrons. The molecule has 1 heterocycles. The minimum absolute atomic E-state index is 0.262. The van der Waals surface area contributed by atoms with Gasteiger partial charge in [-0.15, -0.1) is 0 Å². The van der Waals surface area contributed by atoms with Crippen LogP contribution < -0.4 is 11.1 Å². The average Bonchev–Trinajstić information content (AvgIpc) is 3.01. The molecule has 0 fully saturated rings. The van der Waals surface area contributed by atoms with Crippen LogP contribution in [0.4, 0.5) is 10.5 Å². The van der Waals surface area contributed by atoms with Crippen molar-refractivity contribution in [2.75, 3.05) is 11.9 Å². The molecule has 0 spiro atoms. The number of rotatable bonds is 6. The third-order valence-electron chi connectivity index (χ3n) is 4.54. The van der Waals surface area contributed by atoms with E-state index in [1.807, 2.05) is 42.7 Å². The Morgan fingerprint density at radius 2 is 1.67 bits per heavy atom. The number of amides is 2. The predicted octanol–water partition coefficient (Wildman–Crippen LogP) is 4.39. The van der Waals surface area contributed by atoms with Gasteiger partial charge in [-0.3, -0.25) is 4.79 Å². The first-order valence-corrected chi connectivity index (χ1v) is 9.87. The molecule has 0 bridgehead atoms. The van der Waals surface area contributed by atoms with Crippen LogP contribution in [0.5, 0.6) is 0 Å². The molecule has 3 N–H and O–H groups in total. The normalized spacial score (nSPS) is 10.5. The molecule has 0 aliphatic carbocycles. The third kappa shape index (κ3) is 4.77. The highest BCUT2D eigenvalue weighted by molar-refractivity contribution is 9.10. The molecule has 2 amide bonds. The van der Waals surface area contributed by atoms with E-state index in [0.29, 0.717) is 11.3 Å². The third-order valence-corrected chi connectivity index (χ3v) is 5.07. The molecule has 0 aliphatic rings. The molecule has 30 heavy (non-hydrogen) atoms. The molecule has 0 aliphatic heterocycles. The standard InChI is InChI=1S/C22H20BrN3O4/c1-13-11-19(14(2)26(13)18-9-5-16(23)6-10-18)20(27)12-30-21(28)15-3-7-17(8-4-15)25-22(24)29/h3-11H,12H2,1-2H3,(H3,24,25,29). The maximum Gasteiger partial charge on any atom is 0.338 e. The van der Waals surface area contributed by atoms with Gasteiger partial charge in [0.15, 0.2) is 6.61 Å². The first-order valence-electron chi connectivity index (χ1n) is 9.08. The van der Waals surface area contributed by atoms with Crippen LogP contribution in [0.25, 0.3) is 5.69 Å². The van der Waals surface area contributed by atoms with Crippen molar-refractivity contribution in [1.82, 2.24) is 4.57 Å². The van der Waals surface area contributed by atoms with Crippen LogP contribution in [-0.4, -0.2) is 29.0 Å². The SMILES string of the molecule is Cc1cc(C(=O)COC(=O)c2ccc(NC(N)=O)cc2)c(C)n1-c1ccc(Br)cc1. The number of halogens is 1. The molecule has 0 unspecified atom stereocenters. The van der Waals surface area contributed by atoms with Crippen molar-refractivity contribution in [1.29, 1.82) is 0 Å². The molecule has 3 rings (SSSR count). The van der Waals surface area contributed by atoms with Gasteiger partial charge in [0, 0.05) is 32.8 Å². The second-order valence-corrected chi connectivity index (χ2v) is 7.58. The Balaban J connectivity index is 1.69. The Bertz CT molecular complexity index is 1100. The molecular weight excluding hydrogens is 450 g/mol. The molecule has 154 valence electrons. The number of nitrogens with two attached hydrogens (primary N) is 1. The van der Waals surface area contributed by atoms with Crippen molar-refractivity contribution in [3.63, 3.8) is 0 Å².